The monoisotopic (exact) mass is 417 g/mol. The van der Waals surface area contributed by atoms with E-state index in [-0.39, 0.29) is 5.25 Å². The molecule has 1 unspecified atom stereocenters. The molecule has 3 nitrogen and oxygen atoms in total. The Bertz CT molecular complexity index is 1010. The van der Waals surface area contributed by atoms with Gasteiger partial charge in [-0.15, -0.1) is 11.8 Å². The normalized spacial score (nSPS) is 17.1. The SMILES string of the molecule is Cc1nn(C)cc1CN1CCC(c2ccccc2C(F)(F)F)Sc2ccccc21. The molecule has 0 saturated heterocycles. The van der Waals surface area contributed by atoms with E-state index in [1.807, 2.05) is 44.4 Å². The van der Waals surface area contributed by atoms with E-state index in [2.05, 4.69) is 10.00 Å². The number of anilines is 1. The van der Waals surface area contributed by atoms with Gasteiger partial charge in [0, 0.05) is 42.0 Å². The van der Waals surface area contributed by atoms with Gasteiger partial charge in [-0.1, -0.05) is 30.3 Å². The van der Waals surface area contributed by atoms with Crippen molar-refractivity contribution in [1.29, 1.82) is 0 Å². The Morgan fingerprint density at radius 1 is 1.10 bits per heavy atom. The molecule has 1 atom stereocenters. The van der Waals surface area contributed by atoms with E-state index < -0.39 is 11.7 Å². The first-order valence-electron chi connectivity index (χ1n) is 9.49. The van der Waals surface area contributed by atoms with Gasteiger partial charge in [0.1, 0.15) is 0 Å². The quantitative estimate of drug-likeness (QED) is 0.522. The molecule has 0 aliphatic carbocycles. The molecule has 1 aliphatic rings. The highest BCUT2D eigenvalue weighted by Gasteiger charge is 2.36. The van der Waals surface area contributed by atoms with E-state index >= 15 is 0 Å². The molecule has 0 N–H and O–H groups in total. The van der Waals surface area contributed by atoms with Crippen LogP contribution in [-0.4, -0.2) is 16.3 Å². The second kappa shape index (κ2) is 7.78. The third-order valence-corrected chi connectivity index (χ3v) is 6.60. The van der Waals surface area contributed by atoms with Crippen molar-refractivity contribution < 1.29 is 13.2 Å². The molecular formula is C22H22F3N3S. The Morgan fingerprint density at radius 3 is 2.55 bits per heavy atom. The maximum atomic E-state index is 13.6. The van der Waals surface area contributed by atoms with E-state index in [0.29, 0.717) is 25.1 Å². The van der Waals surface area contributed by atoms with Crippen LogP contribution in [0.5, 0.6) is 0 Å². The van der Waals surface area contributed by atoms with Crippen LogP contribution in [0.25, 0.3) is 0 Å². The van der Waals surface area contributed by atoms with E-state index in [1.54, 1.807) is 16.8 Å². The average molecular weight is 418 g/mol. The minimum absolute atomic E-state index is 0.256. The number of para-hydroxylation sites is 1. The maximum absolute atomic E-state index is 13.6. The zero-order valence-corrected chi connectivity index (χ0v) is 17.1. The number of hydrogen-bond donors (Lipinski definition) is 0. The molecule has 0 bridgehead atoms. The lowest BCUT2D eigenvalue weighted by Gasteiger charge is -2.24. The smallest absolute Gasteiger partial charge is 0.366 e. The summed E-state index contributed by atoms with van der Waals surface area (Å²) < 4.78 is 42.5. The predicted octanol–water partition coefficient (Wildman–Crippen LogP) is 5.99. The second-order valence-corrected chi connectivity index (χ2v) is 8.53. The molecule has 29 heavy (non-hydrogen) atoms. The number of rotatable bonds is 3. The van der Waals surface area contributed by atoms with Crippen LogP contribution in [0.1, 0.15) is 34.1 Å². The van der Waals surface area contributed by atoms with Gasteiger partial charge < -0.3 is 4.90 Å². The minimum Gasteiger partial charge on any atom is -0.366 e. The summed E-state index contributed by atoms with van der Waals surface area (Å²) in [6, 6.07) is 13.9. The lowest BCUT2D eigenvalue weighted by molar-refractivity contribution is -0.138. The first kappa shape index (κ1) is 19.9. The fraction of sp³-hybridized carbons (Fsp3) is 0.318. The largest absolute Gasteiger partial charge is 0.416 e. The lowest BCUT2D eigenvalue weighted by Crippen LogP contribution is -2.24. The molecule has 0 amide bonds. The number of benzene rings is 2. The number of halogens is 3. The van der Waals surface area contributed by atoms with Crippen LogP contribution in [0, 0.1) is 6.92 Å². The minimum atomic E-state index is -4.35. The lowest BCUT2D eigenvalue weighted by atomic mass is 10.0. The zero-order valence-electron chi connectivity index (χ0n) is 16.3. The average Bonchev–Trinajstić information content (AvgIpc) is 2.89. The van der Waals surface area contributed by atoms with Crippen LogP contribution in [0.15, 0.2) is 59.6 Å². The summed E-state index contributed by atoms with van der Waals surface area (Å²) in [5, 5.41) is 4.16. The molecule has 1 aromatic heterocycles. The van der Waals surface area contributed by atoms with Crippen molar-refractivity contribution >= 4 is 17.4 Å². The topological polar surface area (TPSA) is 21.1 Å². The fourth-order valence-electron chi connectivity index (χ4n) is 3.85. The second-order valence-electron chi connectivity index (χ2n) is 7.28. The highest BCUT2D eigenvalue weighted by molar-refractivity contribution is 7.99. The van der Waals surface area contributed by atoms with Crippen molar-refractivity contribution in [3.05, 3.63) is 77.1 Å². The van der Waals surface area contributed by atoms with E-state index in [9.17, 15) is 13.2 Å². The van der Waals surface area contributed by atoms with Crippen LogP contribution >= 0.6 is 11.8 Å². The molecule has 4 rings (SSSR count). The van der Waals surface area contributed by atoms with Crippen molar-refractivity contribution in [1.82, 2.24) is 9.78 Å². The summed E-state index contributed by atoms with van der Waals surface area (Å²) in [5.74, 6) is 0. The van der Waals surface area contributed by atoms with Crippen molar-refractivity contribution in [3.63, 3.8) is 0 Å². The van der Waals surface area contributed by atoms with E-state index in [1.165, 1.54) is 23.9 Å². The van der Waals surface area contributed by atoms with Gasteiger partial charge in [-0.2, -0.15) is 18.3 Å². The molecule has 0 fully saturated rings. The third kappa shape index (κ3) is 4.15. The van der Waals surface area contributed by atoms with E-state index in [4.69, 9.17) is 0 Å². The molecular weight excluding hydrogens is 395 g/mol. The summed E-state index contributed by atoms with van der Waals surface area (Å²) in [5.41, 5.74) is 2.99. The van der Waals surface area contributed by atoms with Gasteiger partial charge in [-0.05, 0) is 37.1 Å². The number of alkyl halides is 3. The third-order valence-electron chi connectivity index (χ3n) is 5.23. The molecule has 3 aromatic rings. The van der Waals surface area contributed by atoms with Gasteiger partial charge in [0.25, 0.3) is 0 Å². The molecule has 7 heteroatoms. The Kier molecular flexibility index (Phi) is 5.34. The molecule has 2 aromatic carbocycles. The summed E-state index contributed by atoms with van der Waals surface area (Å²) in [4.78, 5) is 3.26. The van der Waals surface area contributed by atoms with Crippen molar-refractivity contribution in [2.24, 2.45) is 7.05 Å². The van der Waals surface area contributed by atoms with Gasteiger partial charge in [-0.25, -0.2) is 0 Å². The Hall–Kier alpha value is -2.41. The first-order chi connectivity index (χ1) is 13.8. The Labute approximate surface area is 172 Å². The van der Waals surface area contributed by atoms with Crippen LogP contribution < -0.4 is 4.90 Å². The van der Waals surface area contributed by atoms with Gasteiger partial charge in [0.05, 0.1) is 16.9 Å². The van der Waals surface area contributed by atoms with Gasteiger partial charge in [0.15, 0.2) is 0 Å². The maximum Gasteiger partial charge on any atom is 0.416 e. The number of aryl methyl sites for hydroxylation is 2. The van der Waals surface area contributed by atoms with Crippen LogP contribution in [0.3, 0.4) is 0 Å². The molecule has 2 heterocycles. The summed E-state index contributed by atoms with van der Waals surface area (Å²) in [7, 11) is 1.90. The summed E-state index contributed by atoms with van der Waals surface area (Å²) in [6.45, 7) is 3.34. The first-order valence-corrected chi connectivity index (χ1v) is 10.4. The van der Waals surface area contributed by atoms with Crippen LogP contribution in [0.2, 0.25) is 0 Å². The molecule has 0 spiro atoms. The highest BCUT2D eigenvalue weighted by atomic mass is 32.2. The standard InChI is InChI=1S/C22H22F3N3S/c1-15-16(13-27(2)26-15)14-28-12-11-20(29-21-10-6-5-9-19(21)28)17-7-3-4-8-18(17)22(23,24)25/h3-10,13,20H,11-12,14H2,1-2H3. The fourth-order valence-corrected chi connectivity index (χ4v) is 5.19. The van der Waals surface area contributed by atoms with Gasteiger partial charge >= 0.3 is 6.18 Å². The molecule has 0 saturated carbocycles. The summed E-state index contributed by atoms with van der Waals surface area (Å²) in [6.07, 6.45) is -1.71. The highest BCUT2D eigenvalue weighted by Crippen LogP contribution is 2.48. The Balaban J connectivity index is 1.68. The van der Waals surface area contributed by atoms with Crippen molar-refractivity contribution in [2.45, 2.75) is 36.2 Å². The molecule has 0 radical (unpaired) electrons. The molecule has 152 valence electrons. The number of fused-ring (bicyclic) bond motifs is 1. The van der Waals surface area contributed by atoms with Crippen LogP contribution in [-0.2, 0) is 19.8 Å². The Morgan fingerprint density at radius 2 is 1.83 bits per heavy atom. The number of hydrogen-bond acceptors (Lipinski definition) is 3. The van der Waals surface area contributed by atoms with Gasteiger partial charge in [-0.3, -0.25) is 4.68 Å². The number of aromatic nitrogens is 2. The summed E-state index contributed by atoms with van der Waals surface area (Å²) >= 11 is 1.52. The van der Waals surface area contributed by atoms with E-state index in [0.717, 1.165) is 21.8 Å². The van der Waals surface area contributed by atoms with Crippen molar-refractivity contribution in [2.75, 3.05) is 11.4 Å². The number of nitrogens with zero attached hydrogens (tertiary/aromatic N) is 3. The van der Waals surface area contributed by atoms with Gasteiger partial charge in [0.2, 0.25) is 0 Å². The predicted molar refractivity (Wildman–Crippen MR) is 110 cm³/mol. The molecule has 1 aliphatic heterocycles. The van der Waals surface area contributed by atoms with Crippen molar-refractivity contribution in [3.8, 4) is 0 Å². The zero-order chi connectivity index (χ0) is 20.6. The van der Waals surface area contributed by atoms with Crippen LogP contribution in [0.4, 0.5) is 18.9 Å². The number of thioether (sulfide) groups is 1.